The highest BCUT2D eigenvalue weighted by atomic mass is 32.1. The Morgan fingerprint density at radius 1 is 0.308 bits per heavy atom. The van der Waals surface area contributed by atoms with E-state index in [-0.39, 0.29) is 0 Å². The van der Waals surface area contributed by atoms with E-state index in [1.165, 1.54) is 75.1 Å². The maximum Gasteiger partial charge on any atom is 0.0361 e. The summed E-state index contributed by atoms with van der Waals surface area (Å²) in [7, 11) is 0. The van der Waals surface area contributed by atoms with Gasteiger partial charge in [-0.05, 0) is 67.1 Å². The van der Waals surface area contributed by atoms with Crippen molar-refractivity contribution in [3.8, 4) is 33.4 Å². The first-order valence-electron chi connectivity index (χ1n) is 13.4. The molecule has 1 heteroatoms. The minimum absolute atomic E-state index is 1.24. The van der Waals surface area contributed by atoms with Crippen LogP contribution >= 0.6 is 11.3 Å². The molecule has 1 heterocycles. The lowest BCUT2D eigenvalue weighted by Gasteiger charge is -2.18. The minimum atomic E-state index is 1.24. The minimum Gasteiger partial charge on any atom is -0.135 e. The Hall–Kier alpha value is -4.72. The third-order valence-electron chi connectivity index (χ3n) is 7.88. The summed E-state index contributed by atoms with van der Waals surface area (Å²) in [6.07, 6.45) is 0. The summed E-state index contributed by atoms with van der Waals surface area (Å²) in [4.78, 5) is 0. The van der Waals surface area contributed by atoms with E-state index < -0.39 is 0 Å². The molecule has 0 radical (unpaired) electrons. The summed E-state index contributed by atoms with van der Waals surface area (Å²) >= 11 is 1.87. The van der Waals surface area contributed by atoms with Crippen LogP contribution in [0, 0.1) is 0 Å². The fraction of sp³-hybridized carbons (Fsp3) is 0. The zero-order chi connectivity index (χ0) is 25.8. The van der Waals surface area contributed by atoms with E-state index in [1.54, 1.807) is 0 Å². The summed E-state index contributed by atoms with van der Waals surface area (Å²) < 4.78 is 2.68. The summed E-state index contributed by atoms with van der Waals surface area (Å²) in [6.45, 7) is 0. The second-order valence-electron chi connectivity index (χ2n) is 10.1. The van der Waals surface area contributed by atoms with Gasteiger partial charge >= 0.3 is 0 Å². The molecule has 0 bridgehead atoms. The lowest BCUT2D eigenvalue weighted by molar-refractivity contribution is 1.64. The molecule has 7 aromatic carbocycles. The summed E-state index contributed by atoms with van der Waals surface area (Å²) in [5, 5.41) is 7.84. The van der Waals surface area contributed by atoms with Gasteiger partial charge in [-0.3, -0.25) is 0 Å². The van der Waals surface area contributed by atoms with Crippen molar-refractivity contribution in [2.24, 2.45) is 0 Å². The number of hydrogen-bond acceptors (Lipinski definition) is 1. The standard InChI is InChI=1S/C38H24S/c1-2-11-26(12-3-1)36-29-13-4-6-15-31(29)37(32-16-7-5-14-30(32)36)27-23-21-25(22-24-27)28-18-10-20-35-38(28)33-17-8-9-19-34(33)39-35/h1-24H. The van der Waals surface area contributed by atoms with Gasteiger partial charge in [-0.1, -0.05) is 133 Å². The van der Waals surface area contributed by atoms with Gasteiger partial charge in [-0.15, -0.1) is 11.3 Å². The highest BCUT2D eigenvalue weighted by molar-refractivity contribution is 7.25. The van der Waals surface area contributed by atoms with Crippen LogP contribution < -0.4 is 0 Å². The monoisotopic (exact) mass is 512 g/mol. The molecule has 8 rings (SSSR count). The van der Waals surface area contributed by atoms with E-state index in [0.717, 1.165) is 0 Å². The largest absolute Gasteiger partial charge is 0.135 e. The van der Waals surface area contributed by atoms with Gasteiger partial charge in [-0.2, -0.15) is 0 Å². The van der Waals surface area contributed by atoms with E-state index in [4.69, 9.17) is 0 Å². The molecule has 0 saturated carbocycles. The summed E-state index contributed by atoms with van der Waals surface area (Å²) in [5.74, 6) is 0. The first-order valence-corrected chi connectivity index (χ1v) is 14.2. The van der Waals surface area contributed by atoms with E-state index in [1.807, 2.05) is 11.3 Å². The average molecular weight is 513 g/mol. The molecule has 182 valence electrons. The fourth-order valence-electron chi connectivity index (χ4n) is 6.19. The van der Waals surface area contributed by atoms with Crippen molar-refractivity contribution >= 4 is 53.1 Å². The number of fused-ring (bicyclic) bond motifs is 5. The maximum absolute atomic E-state index is 2.30. The predicted octanol–water partition coefficient (Wildman–Crippen LogP) is 11.4. The van der Waals surface area contributed by atoms with Crippen LogP contribution in [0.2, 0.25) is 0 Å². The van der Waals surface area contributed by atoms with Gasteiger partial charge in [0.25, 0.3) is 0 Å². The maximum atomic E-state index is 2.30. The van der Waals surface area contributed by atoms with Crippen LogP contribution in [0.3, 0.4) is 0 Å². The molecule has 39 heavy (non-hydrogen) atoms. The molecule has 0 aliphatic rings. The smallest absolute Gasteiger partial charge is 0.0361 e. The molecular weight excluding hydrogens is 488 g/mol. The highest BCUT2D eigenvalue weighted by Gasteiger charge is 2.17. The van der Waals surface area contributed by atoms with Crippen molar-refractivity contribution in [2.75, 3.05) is 0 Å². The predicted molar refractivity (Wildman–Crippen MR) is 171 cm³/mol. The number of rotatable bonds is 3. The Morgan fingerprint density at radius 2 is 0.769 bits per heavy atom. The fourth-order valence-corrected chi connectivity index (χ4v) is 7.32. The molecule has 0 amide bonds. The van der Waals surface area contributed by atoms with Gasteiger partial charge < -0.3 is 0 Å². The lowest BCUT2D eigenvalue weighted by Crippen LogP contribution is -1.90. The third-order valence-corrected chi connectivity index (χ3v) is 9.02. The van der Waals surface area contributed by atoms with Crippen LogP contribution in [-0.4, -0.2) is 0 Å². The normalized spacial score (nSPS) is 11.6. The van der Waals surface area contributed by atoms with Crippen molar-refractivity contribution < 1.29 is 0 Å². The molecule has 0 saturated heterocycles. The molecule has 0 unspecified atom stereocenters. The molecule has 0 aliphatic carbocycles. The zero-order valence-electron chi connectivity index (χ0n) is 21.3. The molecule has 0 fully saturated rings. The van der Waals surface area contributed by atoms with Crippen LogP contribution in [0.15, 0.2) is 146 Å². The van der Waals surface area contributed by atoms with Crippen LogP contribution in [-0.2, 0) is 0 Å². The molecule has 0 N–H and O–H groups in total. The van der Waals surface area contributed by atoms with Crippen molar-refractivity contribution in [1.29, 1.82) is 0 Å². The molecule has 0 aliphatic heterocycles. The molecule has 0 atom stereocenters. The molecule has 8 aromatic rings. The van der Waals surface area contributed by atoms with E-state index in [2.05, 4.69) is 146 Å². The van der Waals surface area contributed by atoms with Crippen LogP contribution in [0.1, 0.15) is 0 Å². The van der Waals surface area contributed by atoms with Gasteiger partial charge in [0.1, 0.15) is 0 Å². The number of hydrogen-bond donors (Lipinski definition) is 0. The van der Waals surface area contributed by atoms with Crippen LogP contribution in [0.25, 0.3) is 75.1 Å². The molecule has 0 nitrogen and oxygen atoms in total. The molecular formula is C38H24S. The van der Waals surface area contributed by atoms with Crippen molar-refractivity contribution in [1.82, 2.24) is 0 Å². The SMILES string of the molecule is c1ccc(-c2c3ccccc3c(-c3ccc(-c4cccc5sc6ccccc6c45)cc3)c3ccccc23)cc1. The Kier molecular flexibility index (Phi) is 5.11. The Balaban J connectivity index is 1.36. The first kappa shape index (κ1) is 22.3. The van der Waals surface area contributed by atoms with E-state index >= 15 is 0 Å². The van der Waals surface area contributed by atoms with E-state index in [0.29, 0.717) is 0 Å². The Labute approximate surface area is 231 Å². The first-order chi connectivity index (χ1) is 19.4. The Bertz CT molecular complexity index is 2090. The summed E-state index contributed by atoms with van der Waals surface area (Å²) in [5.41, 5.74) is 7.65. The van der Waals surface area contributed by atoms with Gasteiger partial charge in [0.15, 0.2) is 0 Å². The summed E-state index contributed by atoms with van der Waals surface area (Å²) in [6, 6.07) is 53.1. The second-order valence-corrected chi connectivity index (χ2v) is 11.1. The van der Waals surface area contributed by atoms with Crippen molar-refractivity contribution in [2.45, 2.75) is 0 Å². The lowest BCUT2D eigenvalue weighted by atomic mass is 9.85. The van der Waals surface area contributed by atoms with Gasteiger partial charge in [0.05, 0.1) is 0 Å². The topological polar surface area (TPSA) is 0 Å². The molecule has 0 spiro atoms. The van der Waals surface area contributed by atoms with E-state index in [9.17, 15) is 0 Å². The molecule has 1 aromatic heterocycles. The second kappa shape index (κ2) is 8.94. The number of benzene rings is 7. The number of thiophene rings is 1. The van der Waals surface area contributed by atoms with Crippen molar-refractivity contribution in [3.63, 3.8) is 0 Å². The Morgan fingerprint density at radius 3 is 1.38 bits per heavy atom. The van der Waals surface area contributed by atoms with Gasteiger partial charge in [-0.25, -0.2) is 0 Å². The van der Waals surface area contributed by atoms with Gasteiger partial charge in [0.2, 0.25) is 0 Å². The van der Waals surface area contributed by atoms with Crippen LogP contribution in [0.4, 0.5) is 0 Å². The zero-order valence-corrected chi connectivity index (χ0v) is 22.1. The highest BCUT2D eigenvalue weighted by Crippen LogP contribution is 2.44. The van der Waals surface area contributed by atoms with Crippen molar-refractivity contribution in [3.05, 3.63) is 146 Å². The van der Waals surface area contributed by atoms with Crippen LogP contribution in [0.5, 0.6) is 0 Å². The third kappa shape index (κ3) is 3.51. The average Bonchev–Trinajstić information content (AvgIpc) is 3.39. The van der Waals surface area contributed by atoms with Gasteiger partial charge in [0, 0.05) is 20.2 Å². The quantitative estimate of drug-likeness (QED) is 0.207.